The molecule has 2 heteroatoms. The van der Waals surface area contributed by atoms with Gasteiger partial charge in [-0.05, 0) is 37.5 Å². The molecule has 1 atom stereocenters. The number of benzene rings is 2. The van der Waals surface area contributed by atoms with E-state index in [0.29, 0.717) is 13.0 Å². The molecular weight excluding hydrogens is 284 g/mol. The Morgan fingerprint density at radius 1 is 1.04 bits per heavy atom. The maximum atomic E-state index is 11.5. The number of esters is 1. The number of hydrogen-bond donors (Lipinski definition) is 0. The van der Waals surface area contributed by atoms with Crippen LogP contribution in [0.1, 0.15) is 43.2 Å². The van der Waals surface area contributed by atoms with Gasteiger partial charge >= 0.3 is 5.97 Å². The summed E-state index contributed by atoms with van der Waals surface area (Å²) in [5.74, 6) is 6.60. The number of rotatable bonds is 6. The van der Waals surface area contributed by atoms with Crippen LogP contribution in [0.3, 0.4) is 0 Å². The largest absolute Gasteiger partial charge is 0.466 e. The monoisotopic (exact) mass is 306 g/mol. The van der Waals surface area contributed by atoms with Crippen molar-refractivity contribution in [3.8, 4) is 11.8 Å². The first-order chi connectivity index (χ1) is 11.3. The zero-order valence-corrected chi connectivity index (χ0v) is 13.5. The fourth-order valence-corrected chi connectivity index (χ4v) is 2.38. The van der Waals surface area contributed by atoms with Crippen LogP contribution in [0.5, 0.6) is 0 Å². The van der Waals surface area contributed by atoms with E-state index in [1.807, 2.05) is 55.5 Å². The molecule has 0 aliphatic heterocycles. The third kappa shape index (κ3) is 6.00. The molecule has 0 radical (unpaired) electrons. The fraction of sp³-hybridized carbons (Fsp3) is 0.286. The molecule has 2 aromatic carbocycles. The summed E-state index contributed by atoms with van der Waals surface area (Å²) in [5, 5.41) is 0. The van der Waals surface area contributed by atoms with Crippen molar-refractivity contribution in [2.45, 2.75) is 32.1 Å². The summed E-state index contributed by atoms with van der Waals surface area (Å²) in [4.78, 5) is 11.5. The number of carbonyl (C=O) groups excluding carboxylic acids is 1. The average molecular weight is 306 g/mol. The lowest BCUT2D eigenvalue weighted by Gasteiger charge is -2.11. The highest BCUT2D eigenvalue weighted by Gasteiger charge is 2.10. The van der Waals surface area contributed by atoms with Crippen molar-refractivity contribution in [2.24, 2.45) is 0 Å². The van der Waals surface area contributed by atoms with Crippen LogP contribution >= 0.6 is 0 Å². The smallest absolute Gasteiger partial charge is 0.305 e. The van der Waals surface area contributed by atoms with Crippen molar-refractivity contribution in [3.05, 3.63) is 71.8 Å². The summed E-state index contributed by atoms with van der Waals surface area (Å²) in [6, 6.07) is 20.2. The van der Waals surface area contributed by atoms with Crippen molar-refractivity contribution in [2.75, 3.05) is 6.61 Å². The van der Waals surface area contributed by atoms with E-state index in [1.54, 1.807) is 0 Å². The van der Waals surface area contributed by atoms with Gasteiger partial charge in [0.1, 0.15) is 0 Å². The van der Waals surface area contributed by atoms with Crippen molar-refractivity contribution >= 4 is 5.97 Å². The first kappa shape index (κ1) is 16.8. The molecule has 0 aliphatic rings. The SMILES string of the molecule is CCOC(=O)CCC[C@@H](C#Cc1ccccc1)c1ccccc1. The van der Waals surface area contributed by atoms with Crippen LogP contribution in [0.15, 0.2) is 60.7 Å². The van der Waals surface area contributed by atoms with Gasteiger partial charge in [0.25, 0.3) is 0 Å². The van der Waals surface area contributed by atoms with Gasteiger partial charge < -0.3 is 4.74 Å². The lowest BCUT2D eigenvalue weighted by Crippen LogP contribution is -2.05. The molecule has 0 amide bonds. The van der Waals surface area contributed by atoms with Crippen LogP contribution in [0.4, 0.5) is 0 Å². The second-order valence-electron chi connectivity index (χ2n) is 5.30. The highest BCUT2D eigenvalue weighted by Crippen LogP contribution is 2.21. The summed E-state index contributed by atoms with van der Waals surface area (Å²) >= 11 is 0. The van der Waals surface area contributed by atoms with Gasteiger partial charge in [-0.3, -0.25) is 4.79 Å². The summed E-state index contributed by atoms with van der Waals surface area (Å²) in [7, 11) is 0. The molecule has 0 aromatic heterocycles. The van der Waals surface area contributed by atoms with Gasteiger partial charge in [0.05, 0.1) is 6.61 Å². The van der Waals surface area contributed by atoms with Crippen molar-refractivity contribution in [1.82, 2.24) is 0 Å². The topological polar surface area (TPSA) is 26.3 Å². The molecule has 118 valence electrons. The number of hydrogen-bond acceptors (Lipinski definition) is 2. The Kier molecular flexibility index (Phi) is 6.94. The van der Waals surface area contributed by atoms with E-state index in [4.69, 9.17) is 4.74 Å². The van der Waals surface area contributed by atoms with E-state index in [9.17, 15) is 4.79 Å². The standard InChI is InChI=1S/C21H22O2/c1-2-23-21(22)15-9-14-20(19-12-7-4-8-13-19)17-16-18-10-5-3-6-11-18/h3-8,10-13,20H,2,9,14-15H2,1H3/t20-/m0/s1. The molecule has 0 saturated carbocycles. The normalized spacial score (nSPS) is 11.2. The minimum Gasteiger partial charge on any atom is -0.466 e. The Labute approximate surface area is 138 Å². The minimum atomic E-state index is -0.129. The zero-order valence-electron chi connectivity index (χ0n) is 13.5. The van der Waals surface area contributed by atoms with E-state index in [1.165, 1.54) is 5.56 Å². The van der Waals surface area contributed by atoms with Gasteiger partial charge in [-0.1, -0.05) is 60.4 Å². The maximum absolute atomic E-state index is 11.5. The van der Waals surface area contributed by atoms with Crippen LogP contribution in [0.2, 0.25) is 0 Å². The molecule has 2 rings (SSSR count). The van der Waals surface area contributed by atoms with Gasteiger partial charge in [-0.25, -0.2) is 0 Å². The van der Waals surface area contributed by atoms with Crippen LogP contribution < -0.4 is 0 Å². The van der Waals surface area contributed by atoms with Crippen LogP contribution in [-0.2, 0) is 9.53 Å². The summed E-state index contributed by atoms with van der Waals surface area (Å²) in [6.45, 7) is 2.27. The van der Waals surface area contributed by atoms with Crippen molar-refractivity contribution in [1.29, 1.82) is 0 Å². The molecular formula is C21H22O2. The Morgan fingerprint density at radius 3 is 2.35 bits per heavy atom. The highest BCUT2D eigenvalue weighted by molar-refractivity contribution is 5.69. The maximum Gasteiger partial charge on any atom is 0.305 e. The minimum absolute atomic E-state index is 0.129. The number of ether oxygens (including phenoxy) is 1. The van der Waals surface area contributed by atoms with Crippen LogP contribution in [0.25, 0.3) is 0 Å². The number of carbonyl (C=O) groups is 1. The highest BCUT2D eigenvalue weighted by atomic mass is 16.5. The molecule has 23 heavy (non-hydrogen) atoms. The Bertz CT molecular complexity index is 650. The van der Waals surface area contributed by atoms with Gasteiger partial charge in [-0.15, -0.1) is 0 Å². The van der Waals surface area contributed by atoms with E-state index in [2.05, 4.69) is 24.0 Å². The molecule has 0 fully saturated rings. The lowest BCUT2D eigenvalue weighted by molar-refractivity contribution is -0.143. The van der Waals surface area contributed by atoms with E-state index >= 15 is 0 Å². The predicted octanol–water partition coefficient (Wildman–Crippen LogP) is 4.56. The van der Waals surface area contributed by atoms with E-state index in [0.717, 1.165) is 18.4 Å². The molecule has 0 aliphatic carbocycles. The first-order valence-corrected chi connectivity index (χ1v) is 8.06. The molecule has 0 N–H and O–H groups in total. The Morgan fingerprint density at radius 2 is 1.70 bits per heavy atom. The fourth-order valence-electron chi connectivity index (χ4n) is 2.38. The molecule has 2 aromatic rings. The molecule has 0 bridgehead atoms. The summed E-state index contributed by atoms with van der Waals surface area (Å²) < 4.78 is 4.98. The second-order valence-corrected chi connectivity index (χ2v) is 5.30. The van der Waals surface area contributed by atoms with Gasteiger partial charge in [0.15, 0.2) is 0 Å². The summed E-state index contributed by atoms with van der Waals surface area (Å²) in [6.07, 6.45) is 2.08. The molecule has 0 spiro atoms. The van der Waals surface area contributed by atoms with Crippen molar-refractivity contribution in [3.63, 3.8) is 0 Å². The Hall–Kier alpha value is -2.53. The third-order valence-electron chi connectivity index (χ3n) is 3.55. The third-order valence-corrected chi connectivity index (χ3v) is 3.55. The van der Waals surface area contributed by atoms with Crippen LogP contribution in [0, 0.1) is 11.8 Å². The molecule has 0 heterocycles. The second kappa shape index (κ2) is 9.48. The quantitative estimate of drug-likeness (QED) is 0.578. The Balaban J connectivity index is 2.04. The molecule has 0 unspecified atom stereocenters. The van der Waals surface area contributed by atoms with Gasteiger partial charge in [0, 0.05) is 17.9 Å². The first-order valence-electron chi connectivity index (χ1n) is 8.06. The lowest BCUT2D eigenvalue weighted by atomic mass is 9.93. The van der Waals surface area contributed by atoms with Crippen molar-refractivity contribution < 1.29 is 9.53 Å². The van der Waals surface area contributed by atoms with Gasteiger partial charge in [-0.2, -0.15) is 0 Å². The summed E-state index contributed by atoms with van der Waals surface area (Å²) in [5.41, 5.74) is 2.21. The van der Waals surface area contributed by atoms with E-state index in [-0.39, 0.29) is 11.9 Å². The van der Waals surface area contributed by atoms with E-state index < -0.39 is 0 Å². The zero-order chi connectivity index (χ0) is 16.3. The molecule has 2 nitrogen and oxygen atoms in total. The van der Waals surface area contributed by atoms with Crippen LogP contribution in [-0.4, -0.2) is 12.6 Å². The average Bonchev–Trinajstić information content (AvgIpc) is 2.60. The van der Waals surface area contributed by atoms with Gasteiger partial charge in [0.2, 0.25) is 0 Å². The predicted molar refractivity (Wildman–Crippen MR) is 93.0 cm³/mol. The molecule has 0 saturated heterocycles.